The van der Waals surface area contributed by atoms with Crippen molar-refractivity contribution in [3.8, 4) is 0 Å². The van der Waals surface area contributed by atoms with Crippen LogP contribution in [0.1, 0.15) is 39.5 Å². The van der Waals surface area contributed by atoms with Crippen LogP contribution in [-0.2, 0) is 9.59 Å². The summed E-state index contributed by atoms with van der Waals surface area (Å²) < 4.78 is 0. The smallest absolute Gasteiger partial charge is 0.237 e. The van der Waals surface area contributed by atoms with E-state index in [-0.39, 0.29) is 12.5 Å². The maximum absolute atomic E-state index is 12.6. The van der Waals surface area contributed by atoms with Gasteiger partial charge in [0.2, 0.25) is 11.8 Å². The van der Waals surface area contributed by atoms with Gasteiger partial charge in [-0.3, -0.25) is 9.59 Å². The molecule has 0 aromatic carbocycles. The van der Waals surface area contributed by atoms with Crippen LogP contribution in [-0.4, -0.2) is 36.3 Å². The van der Waals surface area contributed by atoms with Crippen LogP contribution in [0.4, 0.5) is 0 Å². The van der Waals surface area contributed by atoms with Crippen LogP contribution in [0, 0.1) is 11.3 Å². The summed E-state index contributed by atoms with van der Waals surface area (Å²) in [5.41, 5.74) is 10.6. The molecule has 1 fully saturated rings. The van der Waals surface area contributed by atoms with Gasteiger partial charge < -0.3 is 16.4 Å². The summed E-state index contributed by atoms with van der Waals surface area (Å²) in [4.78, 5) is 25.3. The average Bonchev–Trinajstić information content (AvgIpc) is 2.75. The fourth-order valence-corrected chi connectivity index (χ4v) is 2.74. The average molecular weight is 255 g/mol. The number of hydrogen-bond donors (Lipinski definition) is 2. The molecule has 0 aromatic heterocycles. The molecule has 2 amide bonds. The molecule has 0 aliphatic heterocycles. The Morgan fingerprint density at radius 3 is 2.22 bits per heavy atom. The molecule has 0 saturated heterocycles. The van der Waals surface area contributed by atoms with Gasteiger partial charge in [0.05, 0.1) is 12.0 Å². The van der Waals surface area contributed by atoms with E-state index >= 15 is 0 Å². The minimum atomic E-state index is -0.464. The van der Waals surface area contributed by atoms with E-state index in [0.29, 0.717) is 19.0 Å². The van der Waals surface area contributed by atoms with Crippen LogP contribution in [0.15, 0.2) is 0 Å². The minimum absolute atomic E-state index is 0.00123. The Hall–Kier alpha value is -1.10. The summed E-state index contributed by atoms with van der Waals surface area (Å²) in [6, 6.07) is 0. The highest BCUT2D eigenvalue weighted by Gasteiger charge is 2.42. The number of nitrogens with zero attached hydrogens (tertiary/aromatic N) is 1. The molecule has 1 aliphatic rings. The SMILES string of the molecule is CC(C)CN(CC(N)=O)C(=O)C1(CN)CCCC1. The zero-order valence-corrected chi connectivity index (χ0v) is 11.4. The largest absolute Gasteiger partial charge is 0.368 e. The highest BCUT2D eigenvalue weighted by atomic mass is 16.2. The molecule has 0 unspecified atom stereocenters. The first-order valence-corrected chi connectivity index (χ1v) is 6.69. The lowest BCUT2D eigenvalue weighted by Crippen LogP contribution is -2.50. The molecule has 0 atom stereocenters. The number of rotatable bonds is 6. The van der Waals surface area contributed by atoms with Gasteiger partial charge in [0, 0.05) is 13.1 Å². The van der Waals surface area contributed by atoms with Gasteiger partial charge in [-0.25, -0.2) is 0 Å². The predicted octanol–water partition coefficient (Wildman–Crippen LogP) is 0.475. The molecule has 0 heterocycles. The third-order valence-corrected chi connectivity index (χ3v) is 3.62. The molecule has 5 nitrogen and oxygen atoms in total. The molecule has 4 N–H and O–H groups in total. The fourth-order valence-electron chi connectivity index (χ4n) is 2.74. The van der Waals surface area contributed by atoms with Gasteiger partial charge in [-0.15, -0.1) is 0 Å². The summed E-state index contributed by atoms with van der Waals surface area (Å²) in [5, 5.41) is 0. The lowest BCUT2D eigenvalue weighted by Gasteiger charge is -2.33. The van der Waals surface area contributed by atoms with Crippen molar-refractivity contribution in [1.29, 1.82) is 0 Å². The van der Waals surface area contributed by atoms with Crippen molar-refractivity contribution < 1.29 is 9.59 Å². The second-order valence-corrected chi connectivity index (χ2v) is 5.74. The Bertz CT molecular complexity index is 309. The summed E-state index contributed by atoms with van der Waals surface area (Å²) in [6.45, 7) is 4.96. The summed E-state index contributed by atoms with van der Waals surface area (Å²) in [7, 11) is 0. The molecule has 18 heavy (non-hydrogen) atoms. The summed E-state index contributed by atoms with van der Waals surface area (Å²) in [6.07, 6.45) is 3.73. The monoisotopic (exact) mass is 255 g/mol. The van der Waals surface area contributed by atoms with Crippen LogP contribution < -0.4 is 11.5 Å². The van der Waals surface area contributed by atoms with Crippen molar-refractivity contribution in [3.63, 3.8) is 0 Å². The van der Waals surface area contributed by atoms with Crippen LogP contribution >= 0.6 is 0 Å². The van der Waals surface area contributed by atoms with Crippen molar-refractivity contribution in [2.24, 2.45) is 22.8 Å². The minimum Gasteiger partial charge on any atom is -0.368 e. The first-order chi connectivity index (χ1) is 8.41. The first-order valence-electron chi connectivity index (χ1n) is 6.69. The lowest BCUT2D eigenvalue weighted by molar-refractivity contribution is -0.144. The summed E-state index contributed by atoms with van der Waals surface area (Å²) in [5.74, 6) is -0.145. The van der Waals surface area contributed by atoms with E-state index in [1.54, 1.807) is 4.90 Å². The van der Waals surface area contributed by atoms with Crippen LogP contribution in [0.25, 0.3) is 0 Å². The number of carbonyl (C=O) groups excluding carboxylic acids is 2. The topological polar surface area (TPSA) is 89.4 Å². The van der Waals surface area contributed by atoms with E-state index in [2.05, 4.69) is 0 Å². The molecule has 1 saturated carbocycles. The molecular formula is C13H25N3O2. The Morgan fingerprint density at radius 1 is 1.28 bits per heavy atom. The highest BCUT2D eigenvalue weighted by Crippen LogP contribution is 2.38. The standard InChI is InChI=1S/C13H25N3O2/c1-10(2)7-16(8-11(15)17)12(18)13(9-14)5-3-4-6-13/h10H,3-9,14H2,1-2H3,(H2,15,17). The molecule has 5 heteroatoms. The van der Waals surface area contributed by atoms with Gasteiger partial charge in [0.25, 0.3) is 0 Å². The normalized spacial score (nSPS) is 18.0. The second-order valence-electron chi connectivity index (χ2n) is 5.74. The maximum atomic E-state index is 12.6. The molecule has 1 rings (SSSR count). The van der Waals surface area contributed by atoms with E-state index in [9.17, 15) is 9.59 Å². The third kappa shape index (κ3) is 3.45. The van der Waals surface area contributed by atoms with Gasteiger partial charge in [0.1, 0.15) is 0 Å². The molecule has 0 spiro atoms. The first kappa shape index (κ1) is 15.0. The lowest BCUT2D eigenvalue weighted by atomic mass is 9.84. The number of carbonyl (C=O) groups is 2. The van der Waals surface area contributed by atoms with E-state index in [1.807, 2.05) is 13.8 Å². The molecule has 0 aromatic rings. The fraction of sp³-hybridized carbons (Fsp3) is 0.846. The van der Waals surface area contributed by atoms with Crippen molar-refractivity contribution in [1.82, 2.24) is 4.90 Å². The quantitative estimate of drug-likeness (QED) is 0.723. The number of nitrogens with two attached hydrogens (primary N) is 2. The van der Waals surface area contributed by atoms with Crippen LogP contribution in [0.2, 0.25) is 0 Å². The van der Waals surface area contributed by atoms with Gasteiger partial charge in [-0.05, 0) is 18.8 Å². The van der Waals surface area contributed by atoms with Gasteiger partial charge in [-0.2, -0.15) is 0 Å². The van der Waals surface area contributed by atoms with Gasteiger partial charge >= 0.3 is 0 Å². The zero-order valence-electron chi connectivity index (χ0n) is 11.4. The second kappa shape index (κ2) is 6.18. The summed E-state index contributed by atoms with van der Waals surface area (Å²) >= 11 is 0. The van der Waals surface area contributed by atoms with Crippen molar-refractivity contribution in [2.75, 3.05) is 19.6 Å². The Balaban J connectivity index is 2.82. The zero-order chi connectivity index (χ0) is 13.8. The van der Waals surface area contributed by atoms with E-state index in [0.717, 1.165) is 25.7 Å². The van der Waals surface area contributed by atoms with Crippen LogP contribution in [0.3, 0.4) is 0 Å². The third-order valence-electron chi connectivity index (χ3n) is 3.62. The van der Waals surface area contributed by atoms with Crippen molar-refractivity contribution in [3.05, 3.63) is 0 Å². The number of amides is 2. The van der Waals surface area contributed by atoms with Crippen molar-refractivity contribution >= 4 is 11.8 Å². The maximum Gasteiger partial charge on any atom is 0.237 e. The molecule has 0 radical (unpaired) electrons. The highest BCUT2D eigenvalue weighted by molar-refractivity contribution is 5.87. The van der Waals surface area contributed by atoms with E-state index in [4.69, 9.17) is 11.5 Å². The molecule has 104 valence electrons. The Morgan fingerprint density at radius 2 is 1.83 bits per heavy atom. The number of primary amides is 1. The van der Waals surface area contributed by atoms with E-state index < -0.39 is 11.3 Å². The molecule has 0 bridgehead atoms. The van der Waals surface area contributed by atoms with Crippen LogP contribution in [0.5, 0.6) is 0 Å². The Kier molecular flexibility index (Phi) is 5.14. The van der Waals surface area contributed by atoms with Gasteiger partial charge in [-0.1, -0.05) is 26.7 Å². The molecule has 1 aliphatic carbocycles. The number of hydrogen-bond acceptors (Lipinski definition) is 3. The Labute approximate surface area is 109 Å². The van der Waals surface area contributed by atoms with E-state index in [1.165, 1.54) is 0 Å². The van der Waals surface area contributed by atoms with Gasteiger partial charge in [0.15, 0.2) is 0 Å². The molecular weight excluding hydrogens is 230 g/mol. The van der Waals surface area contributed by atoms with Crippen molar-refractivity contribution in [2.45, 2.75) is 39.5 Å². The predicted molar refractivity (Wildman–Crippen MR) is 70.6 cm³/mol.